The highest BCUT2D eigenvalue weighted by Gasteiger charge is 2.10. The summed E-state index contributed by atoms with van der Waals surface area (Å²) in [4.78, 5) is 38.1. The molecule has 0 aliphatic rings. The van der Waals surface area contributed by atoms with E-state index in [0.29, 0.717) is 17.7 Å². The van der Waals surface area contributed by atoms with E-state index in [0.717, 1.165) is 16.5 Å². The molecule has 0 fully saturated rings. The second-order valence-electron chi connectivity index (χ2n) is 6.00. The predicted molar refractivity (Wildman–Crippen MR) is 105 cm³/mol. The van der Waals surface area contributed by atoms with E-state index in [1.165, 1.54) is 12.1 Å². The lowest BCUT2D eigenvalue weighted by Gasteiger charge is -2.12. The van der Waals surface area contributed by atoms with Crippen LogP contribution in [0.25, 0.3) is 10.9 Å². The summed E-state index contributed by atoms with van der Waals surface area (Å²) in [6.07, 6.45) is 1.38. The Balaban J connectivity index is 1.76. The molecule has 1 aromatic heterocycles. The van der Waals surface area contributed by atoms with Gasteiger partial charge in [-0.2, -0.15) is 0 Å². The van der Waals surface area contributed by atoms with Crippen molar-refractivity contribution in [3.05, 3.63) is 88.7 Å². The van der Waals surface area contributed by atoms with Crippen molar-refractivity contribution in [1.29, 1.82) is 0 Å². The standard InChI is InChI=1S/C21H19N3O3/c1-2-19(25)22-13-15-7-4-3-6-14(15)12-21(27)24-18-9-5-8-17-16(18)10-11-20(26)23-17/h2-11H,1,12-13H2,(H,22,25)(H,23,26)(H,24,27). The third-order valence-corrected chi connectivity index (χ3v) is 4.15. The zero-order valence-corrected chi connectivity index (χ0v) is 14.6. The number of anilines is 1. The molecule has 3 rings (SSSR count). The van der Waals surface area contributed by atoms with Crippen molar-refractivity contribution < 1.29 is 9.59 Å². The van der Waals surface area contributed by atoms with E-state index in [2.05, 4.69) is 22.2 Å². The minimum absolute atomic E-state index is 0.167. The number of hydrogen-bond donors (Lipinski definition) is 3. The van der Waals surface area contributed by atoms with Crippen molar-refractivity contribution in [2.24, 2.45) is 0 Å². The minimum atomic E-state index is -0.265. The van der Waals surface area contributed by atoms with Gasteiger partial charge in [0.25, 0.3) is 0 Å². The molecule has 0 aliphatic heterocycles. The van der Waals surface area contributed by atoms with E-state index < -0.39 is 0 Å². The van der Waals surface area contributed by atoms with Crippen LogP contribution < -0.4 is 16.2 Å². The SMILES string of the molecule is C=CC(=O)NCc1ccccc1CC(=O)Nc1cccc2[nH]c(=O)ccc12. The van der Waals surface area contributed by atoms with Crippen molar-refractivity contribution in [3.8, 4) is 0 Å². The van der Waals surface area contributed by atoms with E-state index in [-0.39, 0.29) is 23.8 Å². The highest BCUT2D eigenvalue weighted by molar-refractivity contribution is 6.01. The number of aromatic nitrogens is 1. The summed E-state index contributed by atoms with van der Waals surface area (Å²) in [6.45, 7) is 3.75. The number of hydrogen-bond acceptors (Lipinski definition) is 3. The number of benzene rings is 2. The number of pyridine rings is 1. The molecular formula is C21H19N3O3. The van der Waals surface area contributed by atoms with E-state index in [1.807, 2.05) is 24.3 Å². The van der Waals surface area contributed by atoms with Crippen LogP contribution >= 0.6 is 0 Å². The van der Waals surface area contributed by atoms with Crippen LogP contribution in [0.15, 0.2) is 72.0 Å². The first kappa shape index (κ1) is 18.1. The van der Waals surface area contributed by atoms with Gasteiger partial charge < -0.3 is 15.6 Å². The summed E-state index contributed by atoms with van der Waals surface area (Å²) >= 11 is 0. The summed E-state index contributed by atoms with van der Waals surface area (Å²) in [5.41, 5.74) is 2.79. The van der Waals surface area contributed by atoms with Crippen molar-refractivity contribution in [3.63, 3.8) is 0 Å². The molecule has 0 unspecified atom stereocenters. The lowest BCUT2D eigenvalue weighted by atomic mass is 10.0. The van der Waals surface area contributed by atoms with Crippen LogP contribution in [0.5, 0.6) is 0 Å². The molecule has 0 saturated heterocycles. The Hall–Kier alpha value is -3.67. The number of aromatic amines is 1. The second kappa shape index (κ2) is 8.14. The van der Waals surface area contributed by atoms with Crippen molar-refractivity contribution in [1.82, 2.24) is 10.3 Å². The van der Waals surface area contributed by atoms with E-state index in [4.69, 9.17) is 0 Å². The fourth-order valence-electron chi connectivity index (χ4n) is 2.82. The van der Waals surface area contributed by atoms with Gasteiger partial charge in [0.15, 0.2) is 0 Å². The zero-order chi connectivity index (χ0) is 19.2. The average molecular weight is 361 g/mol. The van der Waals surface area contributed by atoms with Gasteiger partial charge in [0.05, 0.1) is 17.6 Å². The molecule has 136 valence electrons. The topological polar surface area (TPSA) is 91.1 Å². The summed E-state index contributed by atoms with van der Waals surface area (Å²) in [5, 5.41) is 6.37. The molecule has 27 heavy (non-hydrogen) atoms. The third-order valence-electron chi connectivity index (χ3n) is 4.15. The van der Waals surface area contributed by atoms with Crippen LogP contribution in [0.3, 0.4) is 0 Å². The highest BCUT2D eigenvalue weighted by atomic mass is 16.2. The number of rotatable bonds is 6. The monoisotopic (exact) mass is 361 g/mol. The molecule has 6 nitrogen and oxygen atoms in total. The number of nitrogens with one attached hydrogen (secondary N) is 3. The van der Waals surface area contributed by atoms with Gasteiger partial charge in [-0.05, 0) is 35.4 Å². The Morgan fingerprint density at radius 1 is 1.00 bits per heavy atom. The smallest absolute Gasteiger partial charge is 0.248 e. The lowest BCUT2D eigenvalue weighted by molar-refractivity contribution is -0.116. The number of H-pyrrole nitrogens is 1. The van der Waals surface area contributed by atoms with Crippen LogP contribution in [-0.2, 0) is 22.6 Å². The highest BCUT2D eigenvalue weighted by Crippen LogP contribution is 2.21. The minimum Gasteiger partial charge on any atom is -0.348 e. The van der Waals surface area contributed by atoms with Gasteiger partial charge in [0.2, 0.25) is 17.4 Å². The Morgan fingerprint density at radius 3 is 2.56 bits per heavy atom. The molecule has 3 aromatic rings. The summed E-state index contributed by atoms with van der Waals surface area (Å²) in [6, 6.07) is 15.9. The van der Waals surface area contributed by atoms with Crippen LogP contribution in [0.1, 0.15) is 11.1 Å². The van der Waals surface area contributed by atoms with Crippen LogP contribution in [0.2, 0.25) is 0 Å². The zero-order valence-electron chi connectivity index (χ0n) is 14.6. The second-order valence-corrected chi connectivity index (χ2v) is 6.00. The molecule has 2 aromatic carbocycles. The normalized spacial score (nSPS) is 10.4. The van der Waals surface area contributed by atoms with E-state index >= 15 is 0 Å². The van der Waals surface area contributed by atoms with Crippen LogP contribution in [-0.4, -0.2) is 16.8 Å². The predicted octanol–water partition coefficient (Wildman–Crippen LogP) is 2.51. The average Bonchev–Trinajstić information content (AvgIpc) is 2.67. The maximum absolute atomic E-state index is 12.6. The molecule has 3 N–H and O–H groups in total. The molecule has 0 bridgehead atoms. The molecule has 1 heterocycles. The van der Waals surface area contributed by atoms with Crippen molar-refractivity contribution in [2.45, 2.75) is 13.0 Å². The van der Waals surface area contributed by atoms with Crippen molar-refractivity contribution in [2.75, 3.05) is 5.32 Å². The first-order valence-electron chi connectivity index (χ1n) is 8.46. The lowest BCUT2D eigenvalue weighted by Crippen LogP contribution is -2.22. The summed E-state index contributed by atoms with van der Waals surface area (Å²) in [7, 11) is 0. The fraction of sp³-hybridized carbons (Fsp3) is 0.0952. The largest absolute Gasteiger partial charge is 0.348 e. The van der Waals surface area contributed by atoms with Crippen LogP contribution in [0.4, 0.5) is 5.69 Å². The van der Waals surface area contributed by atoms with Crippen LogP contribution in [0, 0.1) is 0 Å². The van der Waals surface area contributed by atoms with Gasteiger partial charge in [-0.1, -0.05) is 36.9 Å². The maximum Gasteiger partial charge on any atom is 0.248 e. The first-order chi connectivity index (χ1) is 13.1. The maximum atomic E-state index is 12.6. The Labute approximate surface area is 155 Å². The van der Waals surface area contributed by atoms with Gasteiger partial charge in [-0.15, -0.1) is 0 Å². The first-order valence-corrected chi connectivity index (χ1v) is 8.46. The Kier molecular flexibility index (Phi) is 5.47. The van der Waals surface area contributed by atoms with Gasteiger partial charge >= 0.3 is 0 Å². The molecular weight excluding hydrogens is 342 g/mol. The molecule has 0 spiro atoms. The number of carbonyl (C=O) groups is 2. The molecule has 0 atom stereocenters. The fourth-order valence-corrected chi connectivity index (χ4v) is 2.82. The number of carbonyl (C=O) groups excluding carboxylic acids is 2. The molecule has 0 aliphatic carbocycles. The number of amides is 2. The molecule has 0 radical (unpaired) electrons. The molecule has 2 amide bonds. The Morgan fingerprint density at radius 2 is 1.78 bits per heavy atom. The van der Waals surface area contributed by atoms with Crippen molar-refractivity contribution >= 4 is 28.4 Å². The van der Waals surface area contributed by atoms with Gasteiger partial charge in [-0.3, -0.25) is 14.4 Å². The van der Waals surface area contributed by atoms with E-state index in [9.17, 15) is 14.4 Å². The number of fused-ring (bicyclic) bond motifs is 1. The molecule has 6 heteroatoms. The molecule has 0 saturated carbocycles. The van der Waals surface area contributed by atoms with E-state index in [1.54, 1.807) is 24.3 Å². The van der Waals surface area contributed by atoms with Gasteiger partial charge in [0.1, 0.15) is 0 Å². The van der Waals surface area contributed by atoms with Gasteiger partial charge in [-0.25, -0.2) is 0 Å². The quantitative estimate of drug-likeness (QED) is 0.589. The third kappa shape index (κ3) is 4.49. The summed E-state index contributed by atoms with van der Waals surface area (Å²) in [5.74, 6) is -0.449. The van der Waals surface area contributed by atoms with Gasteiger partial charge in [0, 0.05) is 18.0 Å². The Bertz CT molecular complexity index is 1070. The summed E-state index contributed by atoms with van der Waals surface area (Å²) < 4.78 is 0.